The zero-order valence-corrected chi connectivity index (χ0v) is 9.51. The van der Waals surface area contributed by atoms with Crippen LogP contribution >= 0.6 is 0 Å². The molecule has 0 saturated carbocycles. The van der Waals surface area contributed by atoms with Crippen molar-refractivity contribution in [3.05, 3.63) is 71.8 Å². The van der Waals surface area contributed by atoms with Gasteiger partial charge in [0.1, 0.15) is 6.17 Å². The average Bonchev–Trinajstić information content (AvgIpc) is 3.18. The molecule has 1 aliphatic rings. The molecule has 2 unspecified atom stereocenters. The summed E-state index contributed by atoms with van der Waals surface area (Å²) in [6.45, 7) is 0.844. The predicted octanol–water partition coefficient (Wildman–Crippen LogP) is 2.21. The molecule has 0 amide bonds. The highest BCUT2D eigenvalue weighted by Gasteiger charge is 2.34. The Bertz CT molecular complexity index is 469. The predicted molar refractivity (Wildman–Crippen MR) is 67.4 cm³/mol. The number of benzene rings is 2. The molecule has 0 bridgehead atoms. The number of hydrogen-bond donors (Lipinski definition) is 2. The summed E-state index contributed by atoms with van der Waals surface area (Å²) in [4.78, 5) is 0. The summed E-state index contributed by atoms with van der Waals surface area (Å²) in [5, 5.41) is 2.03. The van der Waals surface area contributed by atoms with Gasteiger partial charge < -0.3 is 0 Å². The summed E-state index contributed by atoms with van der Waals surface area (Å²) in [7, 11) is 0. The quantitative estimate of drug-likeness (QED) is 0.783. The van der Waals surface area contributed by atoms with E-state index in [-0.39, 0.29) is 0 Å². The van der Waals surface area contributed by atoms with Gasteiger partial charge in [-0.3, -0.25) is 0 Å². The molecule has 0 aliphatic carbocycles. The highest BCUT2D eigenvalue weighted by atomic mass is 15.9. The monoisotopic (exact) mass is 225 g/mol. The van der Waals surface area contributed by atoms with Crippen LogP contribution in [0.15, 0.2) is 60.7 Å². The molecule has 86 valence electrons. The fourth-order valence-corrected chi connectivity index (χ4v) is 1.87. The van der Waals surface area contributed by atoms with E-state index < -0.39 is 0 Å². The second-order valence-corrected chi connectivity index (χ2v) is 4.13. The molecule has 2 aromatic rings. The minimum absolute atomic E-state index is 0.305. The SMILES string of the molecule is c1ccc(CNN2NC2c2ccccc2)cc1. The molecule has 0 aromatic heterocycles. The molecule has 0 spiro atoms. The first-order valence-corrected chi connectivity index (χ1v) is 5.81. The maximum Gasteiger partial charge on any atom is 0.128 e. The molecule has 3 heteroatoms. The number of hydrazine groups is 2. The van der Waals surface area contributed by atoms with Crippen LogP contribution in [-0.4, -0.2) is 5.12 Å². The van der Waals surface area contributed by atoms with Crippen LogP contribution in [0.1, 0.15) is 17.3 Å². The first-order chi connectivity index (χ1) is 8.43. The van der Waals surface area contributed by atoms with Crippen molar-refractivity contribution in [2.45, 2.75) is 12.7 Å². The Kier molecular flexibility index (Phi) is 2.88. The van der Waals surface area contributed by atoms with Gasteiger partial charge in [-0.05, 0) is 11.1 Å². The third-order valence-corrected chi connectivity index (χ3v) is 2.86. The van der Waals surface area contributed by atoms with Crippen molar-refractivity contribution in [3.8, 4) is 0 Å². The number of hydrogen-bond acceptors (Lipinski definition) is 3. The van der Waals surface area contributed by atoms with E-state index in [0.29, 0.717) is 6.17 Å². The minimum atomic E-state index is 0.305. The van der Waals surface area contributed by atoms with Crippen LogP contribution in [0.2, 0.25) is 0 Å². The molecule has 2 atom stereocenters. The minimum Gasteiger partial charge on any atom is -0.235 e. The third kappa shape index (κ3) is 2.53. The van der Waals surface area contributed by atoms with Crippen LogP contribution in [-0.2, 0) is 6.54 Å². The fourth-order valence-electron chi connectivity index (χ4n) is 1.87. The van der Waals surface area contributed by atoms with Crippen LogP contribution in [0.5, 0.6) is 0 Å². The molecule has 2 aromatic carbocycles. The van der Waals surface area contributed by atoms with E-state index in [1.54, 1.807) is 0 Å². The molecule has 1 fully saturated rings. The summed E-state index contributed by atoms with van der Waals surface area (Å²) in [5.74, 6) is 0. The van der Waals surface area contributed by atoms with Gasteiger partial charge in [-0.25, -0.2) is 10.9 Å². The van der Waals surface area contributed by atoms with E-state index in [2.05, 4.69) is 59.4 Å². The van der Waals surface area contributed by atoms with Crippen molar-refractivity contribution in [3.63, 3.8) is 0 Å². The smallest absolute Gasteiger partial charge is 0.128 e. The van der Waals surface area contributed by atoms with E-state index in [0.717, 1.165) is 6.54 Å². The maximum absolute atomic E-state index is 3.34. The highest BCUT2D eigenvalue weighted by Crippen LogP contribution is 2.25. The number of nitrogens with zero attached hydrogens (tertiary/aromatic N) is 1. The Balaban J connectivity index is 1.53. The maximum atomic E-state index is 3.34. The van der Waals surface area contributed by atoms with Gasteiger partial charge in [-0.2, -0.15) is 5.12 Å². The van der Waals surface area contributed by atoms with E-state index >= 15 is 0 Å². The van der Waals surface area contributed by atoms with Crippen molar-refractivity contribution >= 4 is 0 Å². The van der Waals surface area contributed by atoms with Gasteiger partial charge in [-0.15, -0.1) is 0 Å². The normalized spacial score (nSPS) is 22.4. The largest absolute Gasteiger partial charge is 0.235 e. The van der Waals surface area contributed by atoms with Gasteiger partial charge >= 0.3 is 0 Å². The first kappa shape index (κ1) is 10.5. The van der Waals surface area contributed by atoms with E-state index in [4.69, 9.17) is 0 Å². The standard InChI is InChI=1S/C14H15N3/c1-3-7-12(8-4-1)11-15-17-14(16-17)13-9-5-2-6-10-13/h1-10,14-16H,11H2. The Labute approximate surface area is 101 Å². The summed E-state index contributed by atoms with van der Waals surface area (Å²) in [6.07, 6.45) is 0.305. The van der Waals surface area contributed by atoms with Gasteiger partial charge in [0.15, 0.2) is 0 Å². The second-order valence-electron chi connectivity index (χ2n) is 4.13. The van der Waals surface area contributed by atoms with Crippen molar-refractivity contribution in [1.29, 1.82) is 0 Å². The highest BCUT2D eigenvalue weighted by molar-refractivity contribution is 5.21. The molecule has 3 nitrogen and oxygen atoms in total. The van der Waals surface area contributed by atoms with Crippen molar-refractivity contribution in [2.24, 2.45) is 0 Å². The molecule has 1 saturated heterocycles. The molecule has 1 aliphatic heterocycles. The van der Waals surface area contributed by atoms with Crippen LogP contribution in [0.25, 0.3) is 0 Å². The first-order valence-electron chi connectivity index (χ1n) is 5.81. The lowest BCUT2D eigenvalue weighted by Crippen LogP contribution is -2.22. The molecular weight excluding hydrogens is 210 g/mol. The van der Waals surface area contributed by atoms with Crippen LogP contribution in [0, 0.1) is 0 Å². The molecule has 3 rings (SSSR count). The van der Waals surface area contributed by atoms with Crippen molar-refractivity contribution in [1.82, 2.24) is 16.0 Å². The van der Waals surface area contributed by atoms with Gasteiger partial charge in [0, 0.05) is 6.54 Å². The number of nitrogens with one attached hydrogen (secondary N) is 2. The summed E-state index contributed by atoms with van der Waals surface area (Å²) in [5.41, 5.74) is 9.19. The van der Waals surface area contributed by atoms with Crippen molar-refractivity contribution < 1.29 is 0 Å². The van der Waals surface area contributed by atoms with Gasteiger partial charge in [0.05, 0.1) is 0 Å². The van der Waals surface area contributed by atoms with Gasteiger partial charge in [0.2, 0.25) is 0 Å². The molecule has 0 radical (unpaired) electrons. The lowest BCUT2D eigenvalue weighted by molar-refractivity contribution is 0.345. The molecule has 1 heterocycles. The fraction of sp³-hybridized carbons (Fsp3) is 0.143. The Morgan fingerprint density at radius 2 is 1.59 bits per heavy atom. The summed E-state index contributed by atoms with van der Waals surface area (Å²) in [6, 6.07) is 20.8. The molecule has 17 heavy (non-hydrogen) atoms. The Morgan fingerprint density at radius 1 is 0.941 bits per heavy atom. The Hall–Kier alpha value is -1.68. The Morgan fingerprint density at radius 3 is 2.29 bits per heavy atom. The lowest BCUT2D eigenvalue weighted by atomic mass is 10.2. The van der Waals surface area contributed by atoms with Crippen molar-refractivity contribution in [2.75, 3.05) is 0 Å². The second kappa shape index (κ2) is 4.67. The lowest BCUT2D eigenvalue weighted by Gasteiger charge is -2.04. The topological polar surface area (TPSA) is 37.0 Å². The van der Waals surface area contributed by atoms with E-state index in [9.17, 15) is 0 Å². The van der Waals surface area contributed by atoms with E-state index in [1.165, 1.54) is 11.1 Å². The van der Waals surface area contributed by atoms with Crippen LogP contribution in [0.3, 0.4) is 0 Å². The van der Waals surface area contributed by atoms with Gasteiger partial charge in [0.25, 0.3) is 0 Å². The molecule has 2 N–H and O–H groups in total. The summed E-state index contributed by atoms with van der Waals surface area (Å²) < 4.78 is 0. The van der Waals surface area contributed by atoms with E-state index in [1.807, 2.05) is 17.3 Å². The zero-order chi connectivity index (χ0) is 11.5. The summed E-state index contributed by atoms with van der Waals surface area (Å²) >= 11 is 0. The third-order valence-electron chi connectivity index (χ3n) is 2.86. The number of rotatable bonds is 4. The van der Waals surface area contributed by atoms with Crippen LogP contribution < -0.4 is 10.9 Å². The average molecular weight is 225 g/mol. The van der Waals surface area contributed by atoms with Gasteiger partial charge in [-0.1, -0.05) is 60.7 Å². The zero-order valence-electron chi connectivity index (χ0n) is 9.51. The van der Waals surface area contributed by atoms with Crippen LogP contribution in [0.4, 0.5) is 0 Å². The molecular formula is C14H15N3.